The van der Waals surface area contributed by atoms with E-state index in [1.807, 2.05) is 36.4 Å². The Morgan fingerprint density at radius 2 is 0.633 bits per heavy atom. The number of benzene rings is 2. The summed E-state index contributed by atoms with van der Waals surface area (Å²) in [5, 5.41) is 129. The summed E-state index contributed by atoms with van der Waals surface area (Å²) in [6.45, 7) is 39.2. The van der Waals surface area contributed by atoms with Gasteiger partial charge in [-0.15, -0.1) is 0 Å². The molecule has 2 aromatic rings. The third-order valence-electron chi connectivity index (χ3n) is 10.0. The van der Waals surface area contributed by atoms with Crippen LogP contribution in [0.15, 0.2) is 185 Å². The highest BCUT2D eigenvalue weighted by Gasteiger charge is 2.12. The van der Waals surface area contributed by atoms with Crippen molar-refractivity contribution in [2.75, 3.05) is 132 Å². The van der Waals surface area contributed by atoms with Gasteiger partial charge in [0, 0.05) is 72.3 Å². The van der Waals surface area contributed by atoms with Gasteiger partial charge in [-0.25, -0.2) is 28.8 Å². The van der Waals surface area contributed by atoms with Crippen molar-refractivity contribution in [3.05, 3.63) is 185 Å². The number of nitrogens with one attached hydrogen (secondary N) is 4. The molecule has 0 fully saturated rings. The minimum Gasteiger partial charge on any atom is -0.491 e. The monoisotopic (exact) mass is 1560 g/mol. The van der Waals surface area contributed by atoms with E-state index in [-0.39, 0.29) is 135 Å². The van der Waals surface area contributed by atoms with Gasteiger partial charge in [0.15, 0.2) is 0 Å². The number of aliphatic hydroxyl groups is 14. The molecule has 18 N–H and O–H groups in total. The van der Waals surface area contributed by atoms with Crippen LogP contribution in [0.2, 0.25) is 0 Å². The summed E-state index contributed by atoms with van der Waals surface area (Å²) in [7, 11) is 0. The molecule has 0 spiro atoms. The number of para-hydroxylation sites is 2. The lowest BCUT2D eigenvalue weighted by atomic mass is 10.3. The Hall–Kier alpha value is -10.4. The Balaban J connectivity index is -0.000000175. The second kappa shape index (κ2) is 81.7. The van der Waals surface area contributed by atoms with Crippen molar-refractivity contribution >= 4 is 59.4 Å². The zero-order valence-electron chi connectivity index (χ0n) is 62.4. The molecule has 109 heavy (non-hydrogen) atoms. The van der Waals surface area contributed by atoms with Crippen LogP contribution in [0.25, 0.3) is 0 Å². The van der Waals surface area contributed by atoms with Gasteiger partial charge in [0.2, 0.25) is 23.6 Å². The summed E-state index contributed by atoms with van der Waals surface area (Å²) >= 11 is 0. The predicted octanol–water partition coefficient (Wildman–Crippen LogP) is -2.34. The van der Waals surface area contributed by atoms with Gasteiger partial charge in [-0.2, -0.15) is 0 Å². The van der Waals surface area contributed by atoms with E-state index in [9.17, 15) is 58.2 Å². The number of esters is 6. The van der Waals surface area contributed by atoms with Crippen LogP contribution in [0, 0.1) is 0 Å². The highest BCUT2D eigenvalue weighted by atomic mass is 16.6. The first-order chi connectivity index (χ1) is 51.3. The van der Waals surface area contributed by atoms with E-state index in [1.54, 1.807) is 52.0 Å². The van der Waals surface area contributed by atoms with E-state index in [1.165, 1.54) is 6.92 Å². The molecule has 4 amide bonds. The van der Waals surface area contributed by atoms with Gasteiger partial charge in [0.1, 0.15) is 88.8 Å². The Bertz CT molecular complexity index is 2790. The van der Waals surface area contributed by atoms with Gasteiger partial charge in [-0.3, -0.25) is 19.2 Å². The van der Waals surface area contributed by atoms with Gasteiger partial charge in [0.25, 0.3) is 0 Å². The van der Waals surface area contributed by atoms with E-state index < -0.39 is 85.7 Å². The number of carbonyl (C=O) groups is 10. The van der Waals surface area contributed by atoms with Gasteiger partial charge in [0.05, 0.1) is 65.1 Å². The fourth-order valence-corrected chi connectivity index (χ4v) is 4.50. The molecule has 0 saturated heterocycles. The van der Waals surface area contributed by atoms with Crippen molar-refractivity contribution in [1.82, 2.24) is 21.3 Å². The SMILES string of the molecule is C=C(C)C(=O)NCC(O)CO.C=C(C)C(=O)NCCO.C=C(C)C(=O)OCC(O)CO.C=C(C)C(=O)OCC(O)COc1ccccc1.C=C(C)C(=O)OCCO.C=CC(=O)NCC(O)CO.C=CC(=O)NCCO.C=CC(=O)OCC(O)CO.C=CC(=O)OCC(O)COc1ccccc1.C=CC(=O)OCCO. The lowest BCUT2D eigenvalue weighted by molar-refractivity contribution is -0.143. The van der Waals surface area contributed by atoms with Crippen molar-refractivity contribution in [2.24, 2.45) is 0 Å². The fourth-order valence-electron chi connectivity index (χ4n) is 4.50. The smallest absolute Gasteiger partial charge is 0.333 e. The van der Waals surface area contributed by atoms with Gasteiger partial charge >= 0.3 is 35.8 Å². The summed E-state index contributed by atoms with van der Waals surface area (Å²) in [5.41, 5.74) is 1.78. The van der Waals surface area contributed by atoms with E-state index in [0.717, 1.165) is 30.4 Å². The van der Waals surface area contributed by atoms with Crippen molar-refractivity contribution in [3.8, 4) is 11.5 Å². The predicted molar refractivity (Wildman–Crippen MR) is 399 cm³/mol. The van der Waals surface area contributed by atoms with E-state index in [2.05, 4.69) is 111 Å². The Kier molecular flexibility index (Phi) is 85.7. The van der Waals surface area contributed by atoms with Gasteiger partial charge in [-0.05, 0) is 71.0 Å². The third kappa shape index (κ3) is 89.9. The van der Waals surface area contributed by atoms with Crippen LogP contribution in [-0.2, 0) is 76.4 Å². The number of aliphatic hydroxyl groups excluding tert-OH is 14. The number of hydrogen-bond acceptors (Lipinski definition) is 32. The number of rotatable bonds is 40. The molecule has 0 aromatic heterocycles. The minimum absolute atomic E-state index is 0.0282. The molecule has 0 aliphatic heterocycles. The number of amides is 4. The second-order valence-corrected chi connectivity index (χ2v) is 20.5. The average molecular weight is 1560 g/mol. The van der Waals surface area contributed by atoms with Crippen LogP contribution in [0.3, 0.4) is 0 Å². The highest BCUT2D eigenvalue weighted by molar-refractivity contribution is 5.92. The number of carbonyl (C=O) groups excluding carboxylic acids is 10. The van der Waals surface area contributed by atoms with Crippen LogP contribution in [0.4, 0.5) is 0 Å². The molecule has 36 nitrogen and oxygen atoms in total. The first-order valence-electron chi connectivity index (χ1n) is 32.2. The summed E-state index contributed by atoms with van der Waals surface area (Å²) < 4.78 is 37.7. The van der Waals surface area contributed by atoms with Gasteiger partial charge < -0.3 is 131 Å². The molecule has 0 aliphatic carbocycles. The Morgan fingerprint density at radius 3 is 0.954 bits per heavy atom. The van der Waals surface area contributed by atoms with E-state index >= 15 is 0 Å². The maximum absolute atomic E-state index is 11.0. The Labute approximate surface area is 635 Å². The molecule has 0 radical (unpaired) electrons. The molecule has 36 heteroatoms. The quantitative estimate of drug-likeness (QED) is 0.0189. The molecule has 0 bridgehead atoms. The van der Waals surface area contributed by atoms with E-state index in [0.29, 0.717) is 46.9 Å². The normalized spacial score (nSPS) is 10.9. The topological polar surface area (TPSA) is 576 Å². The van der Waals surface area contributed by atoms with Crippen LogP contribution in [0.1, 0.15) is 34.6 Å². The van der Waals surface area contributed by atoms with Crippen molar-refractivity contribution in [1.29, 1.82) is 0 Å². The molecule has 2 rings (SSSR count). The largest absolute Gasteiger partial charge is 0.491 e. The lowest BCUT2D eigenvalue weighted by Gasteiger charge is -2.12. The maximum atomic E-state index is 11.0. The molecule has 618 valence electrons. The first-order valence-corrected chi connectivity index (χ1v) is 32.2. The molecular weight excluding hydrogens is 1440 g/mol. The van der Waals surface area contributed by atoms with Crippen LogP contribution in [0.5, 0.6) is 11.5 Å². The molecule has 2 aromatic carbocycles. The standard InChI is InChI=1S/C13H16O4.C12H14O4.C7H13NO3.C7H12O4.C6H11NO3.C6H11NO2.C6H10O4.C6H10O3.C5H9NO2.C5H8O3/c1-10(2)13(15)17-9-11(14)8-16-12-6-4-3-5-7-12;1-2-12(14)16-9-10(13)8-15-11-6-4-3-5-7-11;1-5(2)7(11)8-3-6(10)4-9;1-5(2)7(10)11-4-6(9)3-8;1-2-6(10)7-3-5(9)4-8;1-5(2)6(9)7-3-4-8;1-2-6(9)10-4-5(8)3-7;1-5(2)6(8)9-4-3-7;1-2-5(8)6-3-4-7;1-2-5(7)8-4-3-6/h3-7,11,14H,1,8-9H2,2H3;2-7,10,13H,1,8-9H2;6,9-10H,1,3-4H2,2H3,(H,8,11);6,8-9H,1,3-4H2,2H3;2,5,8-9H,1,3-4H2,(H,7,10);8H,1,3-4H2,2H3,(H,7,9);2,5,7-8H,1,3-4H2;7H,1,3-4H2,2H3;2,7H,1,3-4H2,(H,6,8);2,6H,1,3-4H2. The average Bonchev–Trinajstić information content (AvgIpc) is 0.957. The summed E-state index contributed by atoms with van der Waals surface area (Å²) in [6, 6.07) is 18.2. The van der Waals surface area contributed by atoms with Crippen LogP contribution >= 0.6 is 0 Å². The van der Waals surface area contributed by atoms with E-state index in [4.69, 9.17) is 75.5 Å². The zero-order valence-corrected chi connectivity index (χ0v) is 62.4. The van der Waals surface area contributed by atoms with Crippen molar-refractivity contribution in [3.63, 3.8) is 0 Å². The number of ether oxygens (including phenoxy) is 8. The first kappa shape index (κ1) is 114. The molecule has 6 unspecified atom stereocenters. The fraction of sp³-hybridized carbons (Fsp3) is 0.425. The molecule has 6 atom stereocenters. The molecule has 0 heterocycles. The second-order valence-electron chi connectivity index (χ2n) is 20.5. The summed E-state index contributed by atoms with van der Waals surface area (Å²) in [6.07, 6.45) is -0.114. The summed E-state index contributed by atoms with van der Waals surface area (Å²) in [4.78, 5) is 105. The lowest BCUT2D eigenvalue weighted by Crippen LogP contribution is -2.34. The molecule has 0 aliphatic rings. The highest BCUT2D eigenvalue weighted by Crippen LogP contribution is 2.10. The van der Waals surface area contributed by atoms with Crippen LogP contribution in [-0.4, -0.2) is 299 Å². The third-order valence-corrected chi connectivity index (χ3v) is 10.0. The Morgan fingerprint density at radius 1 is 0.339 bits per heavy atom. The van der Waals surface area contributed by atoms with Crippen LogP contribution < -0.4 is 30.7 Å². The minimum atomic E-state index is -1.00. The van der Waals surface area contributed by atoms with Gasteiger partial charge in [-0.1, -0.05) is 102 Å². The van der Waals surface area contributed by atoms with Crippen molar-refractivity contribution < 1.29 is 157 Å². The maximum Gasteiger partial charge on any atom is 0.333 e. The zero-order chi connectivity index (χ0) is 85.5. The number of hydrogen-bond donors (Lipinski definition) is 18. The van der Waals surface area contributed by atoms with Crippen molar-refractivity contribution in [2.45, 2.75) is 71.2 Å². The molecule has 0 saturated carbocycles. The molecular formula is C73H114N4O32. The summed E-state index contributed by atoms with van der Waals surface area (Å²) in [5.74, 6) is -2.97.